The van der Waals surface area contributed by atoms with Gasteiger partial charge in [-0.05, 0) is 24.1 Å². The third kappa shape index (κ3) is 3.47. The Morgan fingerprint density at radius 1 is 1.26 bits per heavy atom. The molecule has 142 valence electrons. The molecule has 0 saturated carbocycles. The first-order valence-electron chi connectivity index (χ1n) is 8.96. The zero-order valence-electron chi connectivity index (χ0n) is 15.8. The van der Waals surface area contributed by atoms with E-state index in [9.17, 15) is 4.79 Å². The van der Waals surface area contributed by atoms with Gasteiger partial charge >= 0.3 is 0 Å². The molecule has 0 aliphatic carbocycles. The molecule has 3 heterocycles. The van der Waals surface area contributed by atoms with E-state index in [1.54, 1.807) is 6.92 Å². The summed E-state index contributed by atoms with van der Waals surface area (Å²) in [6.45, 7) is 3.68. The average Bonchev–Trinajstić information content (AvgIpc) is 3.13. The first-order valence-corrected chi connectivity index (χ1v) is 8.96. The van der Waals surface area contributed by atoms with E-state index in [0.29, 0.717) is 25.6 Å². The first-order chi connectivity index (χ1) is 13.0. The van der Waals surface area contributed by atoms with Gasteiger partial charge in [0.25, 0.3) is 0 Å². The Morgan fingerprint density at radius 2 is 2.07 bits per heavy atom. The van der Waals surface area contributed by atoms with E-state index in [1.807, 2.05) is 42.1 Å². The van der Waals surface area contributed by atoms with E-state index >= 15 is 0 Å². The molecular weight excluding hydrogens is 346 g/mol. The summed E-state index contributed by atoms with van der Waals surface area (Å²) in [6, 6.07) is 5.91. The standard InChI is InChI=1S/C19H23N5O3/c1-12(25)24-7-6-14-15(10-24)21-19(23(2)3)22-18(14)20-9-13-4-5-16-17(8-13)27-11-26-16/h4-5,8H,6-7,9-11H2,1-3H3,(H,20,21,22). The highest BCUT2D eigenvalue weighted by atomic mass is 16.7. The van der Waals surface area contributed by atoms with E-state index < -0.39 is 0 Å². The maximum atomic E-state index is 11.8. The van der Waals surface area contributed by atoms with Crippen molar-refractivity contribution in [2.45, 2.75) is 26.4 Å². The van der Waals surface area contributed by atoms with Crippen LogP contribution in [0.2, 0.25) is 0 Å². The summed E-state index contributed by atoms with van der Waals surface area (Å²) in [5.41, 5.74) is 3.07. The fourth-order valence-corrected chi connectivity index (χ4v) is 3.27. The van der Waals surface area contributed by atoms with Gasteiger partial charge in [0.2, 0.25) is 18.6 Å². The largest absolute Gasteiger partial charge is 0.454 e. The number of amides is 1. The molecule has 0 atom stereocenters. The number of rotatable bonds is 4. The molecule has 1 amide bonds. The van der Waals surface area contributed by atoms with Gasteiger partial charge in [0.05, 0.1) is 12.2 Å². The number of anilines is 2. The van der Waals surface area contributed by atoms with E-state index in [0.717, 1.165) is 40.6 Å². The number of carbonyl (C=O) groups excluding carboxylic acids is 1. The highest BCUT2D eigenvalue weighted by molar-refractivity contribution is 5.73. The van der Waals surface area contributed by atoms with E-state index in [4.69, 9.17) is 9.47 Å². The molecule has 0 unspecified atom stereocenters. The monoisotopic (exact) mass is 369 g/mol. The van der Waals surface area contributed by atoms with Crippen molar-refractivity contribution < 1.29 is 14.3 Å². The van der Waals surface area contributed by atoms with Crippen LogP contribution >= 0.6 is 0 Å². The van der Waals surface area contributed by atoms with Crippen LogP contribution in [0.5, 0.6) is 11.5 Å². The molecule has 0 saturated heterocycles. The number of ether oxygens (including phenoxy) is 2. The molecule has 1 N–H and O–H groups in total. The predicted octanol–water partition coefficient (Wildman–Crippen LogP) is 1.79. The summed E-state index contributed by atoms with van der Waals surface area (Å²) in [7, 11) is 3.82. The van der Waals surface area contributed by atoms with Gasteiger partial charge in [-0.2, -0.15) is 4.98 Å². The molecule has 8 nitrogen and oxygen atoms in total. The minimum absolute atomic E-state index is 0.0699. The van der Waals surface area contributed by atoms with Crippen LogP contribution in [0.25, 0.3) is 0 Å². The maximum absolute atomic E-state index is 11.8. The second-order valence-electron chi connectivity index (χ2n) is 6.92. The van der Waals surface area contributed by atoms with E-state index in [-0.39, 0.29) is 12.7 Å². The molecular formula is C19H23N5O3. The summed E-state index contributed by atoms with van der Waals surface area (Å²) in [4.78, 5) is 24.8. The van der Waals surface area contributed by atoms with Crippen molar-refractivity contribution in [1.82, 2.24) is 14.9 Å². The molecule has 1 aromatic carbocycles. The Hall–Kier alpha value is -3.03. The van der Waals surface area contributed by atoms with Gasteiger partial charge < -0.3 is 24.6 Å². The third-order valence-corrected chi connectivity index (χ3v) is 4.80. The summed E-state index contributed by atoms with van der Waals surface area (Å²) < 4.78 is 10.8. The molecule has 0 spiro atoms. The van der Waals surface area contributed by atoms with Crippen LogP contribution in [0.3, 0.4) is 0 Å². The highest BCUT2D eigenvalue weighted by Gasteiger charge is 2.24. The smallest absolute Gasteiger partial charge is 0.231 e. The molecule has 4 rings (SSSR count). The summed E-state index contributed by atoms with van der Waals surface area (Å²) in [5.74, 6) is 3.07. The number of nitrogens with zero attached hydrogens (tertiary/aromatic N) is 4. The van der Waals surface area contributed by atoms with Crippen LogP contribution in [0.15, 0.2) is 18.2 Å². The predicted molar refractivity (Wildman–Crippen MR) is 101 cm³/mol. The lowest BCUT2D eigenvalue weighted by molar-refractivity contribution is -0.129. The number of carbonyl (C=O) groups is 1. The minimum Gasteiger partial charge on any atom is -0.454 e. The Kier molecular flexibility index (Phi) is 4.47. The number of benzene rings is 1. The van der Waals surface area contributed by atoms with Crippen molar-refractivity contribution in [2.24, 2.45) is 0 Å². The molecule has 0 fully saturated rings. The van der Waals surface area contributed by atoms with Crippen LogP contribution < -0.4 is 19.7 Å². The lowest BCUT2D eigenvalue weighted by Crippen LogP contribution is -2.35. The zero-order chi connectivity index (χ0) is 19.0. The Labute approximate surface area is 158 Å². The van der Waals surface area contributed by atoms with Crippen molar-refractivity contribution >= 4 is 17.7 Å². The number of nitrogens with one attached hydrogen (secondary N) is 1. The van der Waals surface area contributed by atoms with Crippen molar-refractivity contribution in [2.75, 3.05) is 37.6 Å². The minimum atomic E-state index is 0.0699. The summed E-state index contributed by atoms with van der Waals surface area (Å²) in [5, 5.41) is 3.44. The number of hydrogen-bond acceptors (Lipinski definition) is 7. The molecule has 27 heavy (non-hydrogen) atoms. The zero-order valence-corrected chi connectivity index (χ0v) is 15.8. The molecule has 2 aromatic rings. The van der Waals surface area contributed by atoms with Crippen molar-refractivity contribution in [3.8, 4) is 11.5 Å². The van der Waals surface area contributed by atoms with Crippen molar-refractivity contribution in [3.63, 3.8) is 0 Å². The van der Waals surface area contributed by atoms with Crippen molar-refractivity contribution in [1.29, 1.82) is 0 Å². The van der Waals surface area contributed by atoms with Gasteiger partial charge in [-0.25, -0.2) is 4.98 Å². The number of hydrogen-bond donors (Lipinski definition) is 1. The molecule has 0 bridgehead atoms. The second kappa shape index (κ2) is 6.94. The highest BCUT2D eigenvalue weighted by Crippen LogP contribution is 2.33. The van der Waals surface area contributed by atoms with E-state index in [2.05, 4.69) is 15.3 Å². The van der Waals surface area contributed by atoms with E-state index in [1.165, 1.54) is 0 Å². The SMILES string of the molecule is CC(=O)N1CCc2c(nc(N(C)C)nc2NCc2ccc3c(c2)OCO3)C1. The molecule has 8 heteroatoms. The maximum Gasteiger partial charge on any atom is 0.231 e. The summed E-state index contributed by atoms with van der Waals surface area (Å²) >= 11 is 0. The van der Waals surface area contributed by atoms with Crippen LogP contribution in [0.1, 0.15) is 23.7 Å². The van der Waals surface area contributed by atoms with Gasteiger partial charge in [0.1, 0.15) is 5.82 Å². The van der Waals surface area contributed by atoms with Crippen LogP contribution in [-0.4, -0.2) is 48.2 Å². The fourth-order valence-electron chi connectivity index (χ4n) is 3.27. The summed E-state index contributed by atoms with van der Waals surface area (Å²) in [6.07, 6.45) is 0.742. The lowest BCUT2D eigenvalue weighted by Gasteiger charge is -2.29. The van der Waals surface area contributed by atoms with Gasteiger partial charge in [0, 0.05) is 39.7 Å². The van der Waals surface area contributed by atoms with Gasteiger partial charge in [-0.1, -0.05) is 6.07 Å². The van der Waals surface area contributed by atoms with Gasteiger partial charge in [-0.15, -0.1) is 0 Å². The Bertz CT molecular complexity index is 884. The van der Waals surface area contributed by atoms with Gasteiger partial charge in [0.15, 0.2) is 11.5 Å². The topological polar surface area (TPSA) is 79.8 Å². The number of fused-ring (bicyclic) bond motifs is 2. The lowest BCUT2D eigenvalue weighted by atomic mass is 10.1. The molecule has 2 aliphatic heterocycles. The Morgan fingerprint density at radius 3 is 2.85 bits per heavy atom. The molecule has 0 radical (unpaired) electrons. The molecule has 1 aromatic heterocycles. The fraction of sp³-hybridized carbons (Fsp3) is 0.421. The second-order valence-corrected chi connectivity index (χ2v) is 6.92. The normalized spacial score (nSPS) is 14.7. The van der Waals surface area contributed by atoms with Gasteiger partial charge in [-0.3, -0.25) is 4.79 Å². The van der Waals surface area contributed by atoms with Crippen LogP contribution in [-0.2, 0) is 24.3 Å². The van der Waals surface area contributed by atoms with Crippen LogP contribution in [0, 0.1) is 0 Å². The number of aromatic nitrogens is 2. The van der Waals surface area contributed by atoms with Crippen LogP contribution in [0.4, 0.5) is 11.8 Å². The third-order valence-electron chi connectivity index (χ3n) is 4.80. The molecule has 2 aliphatic rings. The average molecular weight is 369 g/mol. The quantitative estimate of drug-likeness (QED) is 0.880. The first kappa shape index (κ1) is 17.4. The van der Waals surface area contributed by atoms with Crippen molar-refractivity contribution in [3.05, 3.63) is 35.0 Å². The Balaban J connectivity index is 1.59.